The van der Waals surface area contributed by atoms with Crippen LogP contribution in [0.2, 0.25) is 0 Å². The van der Waals surface area contributed by atoms with Crippen LogP contribution < -0.4 is 0 Å². The predicted octanol–water partition coefficient (Wildman–Crippen LogP) is 18.2. The molecule has 0 amide bonds. The van der Waals surface area contributed by atoms with Crippen molar-refractivity contribution in [3.8, 4) is 0 Å². The Balaban J connectivity index is 4.48. The van der Waals surface area contributed by atoms with Gasteiger partial charge in [-0.3, -0.25) is 14.4 Å². The van der Waals surface area contributed by atoms with Crippen molar-refractivity contribution in [1.82, 2.24) is 0 Å². The highest BCUT2D eigenvalue weighted by atomic mass is 16.6. The lowest BCUT2D eigenvalue weighted by Gasteiger charge is -2.18. The van der Waals surface area contributed by atoms with E-state index in [1.165, 1.54) is 135 Å². The van der Waals surface area contributed by atoms with Gasteiger partial charge in [0.25, 0.3) is 0 Å². The van der Waals surface area contributed by atoms with E-state index >= 15 is 0 Å². The highest BCUT2D eigenvalue weighted by molar-refractivity contribution is 5.71. The molecule has 0 aromatic rings. The molecule has 0 radical (unpaired) electrons. The van der Waals surface area contributed by atoms with E-state index in [0.29, 0.717) is 19.3 Å². The maximum Gasteiger partial charge on any atom is 0.306 e. The third-order valence-corrected chi connectivity index (χ3v) is 11.7. The van der Waals surface area contributed by atoms with Crippen molar-refractivity contribution in [2.24, 2.45) is 0 Å². The van der Waals surface area contributed by atoms with Gasteiger partial charge in [-0.2, -0.15) is 0 Å². The van der Waals surface area contributed by atoms with E-state index < -0.39 is 6.10 Å². The summed E-state index contributed by atoms with van der Waals surface area (Å²) in [5.74, 6) is -0.968. The van der Waals surface area contributed by atoms with Crippen LogP contribution in [0.5, 0.6) is 0 Å². The predicted molar refractivity (Wildman–Crippen MR) is 279 cm³/mol. The molecule has 0 aliphatic carbocycles. The monoisotopic (exact) mass is 907 g/mol. The van der Waals surface area contributed by atoms with Crippen molar-refractivity contribution >= 4 is 17.9 Å². The first-order valence-corrected chi connectivity index (χ1v) is 27.4. The second kappa shape index (κ2) is 53.5. The van der Waals surface area contributed by atoms with E-state index in [2.05, 4.69) is 93.7 Å². The number of esters is 3. The normalized spacial score (nSPS) is 12.6. The third kappa shape index (κ3) is 51.7. The van der Waals surface area contributed by atoms with Crippen LogP contribution in [0.1, 0.15) is 265 Å². The Kier molecular flexibility index (Phi) is 50.9. The number of carbonyl (C=O) groups is 3. The quantitative estimate of drug-likeness (QED) is 0.0262. The van der Waals surface area contributed by atoms with Gasteiger partial charge in [-0.1, -0.05) is 229 Å². The van der Waals surface area contributed by atoms with Gasteiger partial charge >= 0.3 is 17.9 Å². The zero-order valence-electron chi connectivity index (χ0n) is 42.7. The fourth-order valence-corrected chi connectivity index (χ4v) is 7.52. The van der Waals surface area contributed by atoms with Crippen molar-refractivity contribution in [3.05, 3.63) is 72.9 Å². The van der Waals surface area contributed by atoms with E-state index in [-0.39, 0.29) is 37.5 Å². The summed E-state index contributed by atoms with van der Waals surface area (Å²) in [5.41, 5.74) is 0. The standard InChI is InChI=1S/C59H102O6/c1-4-7-10-13-16-19-22-25-27-29-31-34-36-39-42-45-48-51-57(60)63-54-56(65-59(62)53-50-47-44-41-38-33-24-21-18-15-12-9-6-3)55-64-58(61)52-49-46-43-40-37-35-32-30-28-26-23-20-17-14-11-8-5-2/h16,19,25-28,31-32,34-35,40,43,56H,4-15,17-18,20-24,29-30,33,36-39,41-42,44-55H2,1-3H3/b19-16-,27-25-,28-26-,34-31-,35-32-,43-40-/t56-/m1/s1. The molecule has 0 aliphatic rings. The van der Waals surface area contributed by atoms with Crippen LogP contribution >= 0.6 is 0 Å². The minimum atomic E-state index is -0.803. The van der Waals surface area contributed by atoms with Gasteiger partial charge in [0, 0.05) is 19.3 Å². The van der Waals surface area contributed by atoms with E-state index in [9.17, 15) is 14.4 Å². The summed E-state index contributed by atoms with van der Waals surface area (Å²) >= 11 is 0. The lowest BCUT2D eigenvalue weighted by atomic mass is 10.0. The average molecular weight is 907 g/mol. The summed E-state index contributed by atoms with van der Waals surface area (Å²) in [6.07, 6.45) is 67.5. The van der Waals surface area contributed by atoms with E-state index in [1.807, 2.05) is 0 Å². The molecule has 6 nitrogen and oxygen atoms in total. The smallest absolute Gasteiger partial charge is 0.306 e. The minimum Gasteiger partial charge on any atom is -0.462 e. The van der Waals surface area contributed by atoms with E-state index in [0.717, 1.165) is 83.5 Å². The van der Waals surface area contributed by atoms with Crippen molar-refractivity contribution in [1.29, 1.82) is 0 Å². The third-order valence-electron chi connectivity index (χ3n) is 11.7. The minimum absolute atomic E-state index is 0.101. The van der Waals surface area contributed by atoms with E-state index in [4.69, 9.17) is 14.2 Å². The molecule has 0 aromatic heterocycles. The highest BCUT2D eigenvalue weighted by Crippen LogP contribution is 2.15. The summed E-state index contributed by atoms with van der Waals surface area (Å²) in [7, 11) is 0. The maximum atomic E-state index is 12.8. The first-order chi connectivity index (χ1) is 32.0. The SMILES string of the molecule is CCCCC/C=C\C/C=C\C/C=C\CCCCCCC(=O)OC[C@H](COC(=O)CCC/C=C\C/C=C\C/C=C\CCCCCCCC)OC(=O)CCCCCCCCCCCCCCC. The van der Waals surface area contributed by atoms with Gasteiger partial charge in [-0.25, -0.2) is 0 Å². The first-order valence-electron chi connectivity index (χ1n) is 27.4. The Morgan fingerprint density at radius 1 is 0.308 bits per heavy atom. The van der Waals surface area contributed by atoms with E-state index in [1.54, 1.807) is 0 Å². The second-order valence-electron chi connectivity index (χ2n) is 18.1. The molecule has 0 saturated carbocycles. The van der Waals surface area contributed by atoms with Gasteiger partial charge in [-0.05, 0) is 89.9 Å². The van der Waals surface area contributed by atoms with Gasteiger partial charge in [0.05, 0.1) is 0 Å². The average Bonchev–Trinajstić information content (AvgIpc) is 3.30. The van der Waals surface area contributed by atoms with Crippen LogP contribution in [-0.2, 0) is 28.6 Å². The Labute approximate surface area is 402 Å². The molecule has 0 saturated heterocycles. The lowest BCUT2D eigenvalue weighted by Crippen LogP contribution is -2.30. The number of ether oxygens (including phenoxy) is 3. The van der Waals surface area contributed by atoms with Crippen LogP contribution in [-0.4, -0.2) is 37.2 Å². The van der Waals surface area contributed by atoms with Crippen molar-refractivity contribution < 1.29 is 28.6 Å². The number of carbonyl (C=O) groups excluding carboxylic acids is 3. The summed E-state index contributed by atoms with van der Waals surface area (Å²) < 4.78 is 16.8. The summed E-state index contributed by atoms with van der Waals surface area (Å²) in [6, 6.07) is 0. The Hall–Kier alpha value is -3.15. The molecule has 0 N–H and O–H groups in total. The second-order valence-corrected chi connectivity index (χ2v) is 18.1. The van der Waals surface area contributed by atoms with Gasteiger partial charge < -0.3 is 14.2 Å². The topological polar surface area (TPSA) is 78.9 Å². The van der Waals surface area contributed by atoms with Gasteiger partial charge in [0.15, 0.2) is 6.10 Å². The number of allylic oxidation sites excluding steroid dienone is 12. The van der Waals surface area contributed by atoms with Crippen molar-refractivity contribution in [2.45, 2.75) is 271 Å². The van der Waals surface area contributed by atoms with Gasteiger partial charge in [-0.15, -0.1) is 0 Å². The molecule has 0 heterocycles. The van der Waals surface area contributed by atoms with Crippen LogP contribution in [0, 0.1) is 0 Å². The molecule has 0 rings (SSSR count). The molecule has 0 spiro atoms. The Morgan fingerprint density at radius 3 is 0.954 bits per heavy atom. The van der Waals surface area contributed by atoms with Gasteiger partial charge in [0.1, 0.15) is 13.2 Å². The van der Waals surface area contributed by atoms with Crippen LogP contribution in [0.3, 0.4) is 0 Å². The molecule has 6 heteroatoms. The molecule has 0 aliphatic heterocycles. The molecule has 0 bridgehead atoms. The fraction of sp³-hybridized carbons (Fsp3) is 0.746. The zero-order valence-corrected chi connectivity index (χ0v) is 42.7. The van der Waals surface area contributed by atoms with Gasteiger partial charge in [0.2, 0.25) is 0 Å². The molecular weight excluding hydrogens is 805 g/mol. The maximum absolute atomic E-state index is 12.8. The molecular formula is C59H102O6. The van der Waals surface area contributed by atoms with Crippen LogP contribution in [0.4, 0.5) is 0 Å². The number of hydrogen-bond acceptors (Lipinski definition) is 6. The van der Waals surface area contributed by atoms with Crippen LogP contribution in [0.25, 0.3) is 0 Å². The molecule has 0 unspecified atom stereocenters. The first kappa shape index (κ1) is 61.9. The Bertz CT molecular complexity index is 1230. The molecule has 65 heavy (non-hydrogen) atoms. The number of rotatable bonds is 49. The van der Waals surface area contributed by atoms with Crippen molar-refractivity contribution in [3.63, 3.8) is 0 Å². The summed E-state index contributed by atoms with van der Waals surface area (Å²) in [6.45, 7) is 6.55. The fourth-order valence-electron chi connectivity index (χ4n) is 7.52. The zero-order chi connectivity index (χ0) is 47.2. The molecule has 1 atom stereocenters. The number of unbranched alkanes of at least 4 members (excludes halogenated alkanes) is 26. The number of hydrogen-bond donors (Lipinski definition) is 0. The largest absolute Gasteiger partial charge is 0.462 e. The summed E-state index contributed by atoms with van der Waals surface area (Å²) in [5, 5.41) is 0. The highest BCUT2D eigenvalue weighted by Gasteiger charge is 2.19. The lowest BCUT2D eigenvalue weighted by molar-refractivity contribution is -0.167. The Morgan fingerprint density at radius 2 is 0.569 bits per heavy atom. The van der Waals surface area contributed by atoms with Crippen LogP contribution in [0.15, 0.2) is 72.9 Å². The summed E-state index contributed by atoms with van der Waals surface area (Å²) in [4.78, 5) is 38.0. The molecule has 374 valence electrons. The molecule has 0 fully saturated rings. The van der Waals surface area contributed by atoms with Crippen molar-refractivity contribution in [2.75, 3.05) is 13.2 Å². The molecule has 0 aromatic carbocycles.